The lowest BCUT2D eigenvalue weighted by Gasteiger charge is -2.10. The molecular formula is C21H13Cl3N2OS. The molecule has 140 valence electrons. The summed E-state index contributed by atoms with van der Waals surface area (Å²) in [7, 11) is 0. The number of hydrogen-bond donors (Lipinski definition) is 1. The molecular weight excluding hydrogens is 435 g/mol. The van der Waals surface area contributed by atoms with Gasteiger partial charge < -0.3 is 5.32 Å². The summed E-state index contributed by atoms with van der Waals surface area (Å²) in [6, 6.07) is 18.4. The Balaban J connectivity index is 1.68. The van der Waals surface area contributed by atoms with Crippen LogP contribution >= 0.6 is 46.1 Å². The first-order valence-corrected chi connectivity index (χ1v) is 10.3. The van der Waals surface area contributed by atoms with Gasteiger partial charge in [-0.15, -0.1) is 11.3 Å². The lowest BCUT2D eigenvalue weighted by molar-refractivity contribution is 0.0952. The van der Waals surface area contributed by atoms with E-state index in [0.29, 0.717) is 26.5 Å². The summed E-state index contributed by atoms with van der Waals surface area (Å²) in [6.07, 6.45) is 0. The van der Waals surface area contributed by atoms with E-state index in [1.165, 1.54) is 11.3 Å². The third kappa shape index (κ3) is 4.01. The number of benzene rings is 2. The highest BCUT2D eigenvalue weighted by Gasteiger charge is 2.15. The summed E-state index contributed by atoms with van der Waals surface area (Å²) in [6.45, 7) is 0.340. The quantitative estimate of drug-likeness (QED) is 0.371. The van der Waals surface area contributed by atoms with Crippen LogP contribution in [0.3, 0.4) is 0 Å². The third-order valence-corrected chi connectivity index (χ3v) is 6.22. The van der Waals surface area contributed by atoms with Gasteiger partial charge in [-0.1, -0.05) is 59.1 Å². The number of rotatable bonds is 4. The highest BCUT2D eigenvalue weighted by molar-refractivity contribution is 7.19. The van der Waals surface area contributed by atoms with Crippen molar-refractivity contribution in [3.8, 4) is 10.6 Å². The lowest BCUT2D eigenvalue weighted by atomic mass is 10.1. The second-order valence-electron chi connectivity index (χ2n) is 6.11. The number of carbonyl (C=O) groups excluding carboxylic acids is 1. The van der Waals surface area contributed by atoms with Gasteiger partial charge in [0.25, 0.3) is 5.91 Å². The van der Waals surface area contributed by atoms with Gasteiger partial charge in [-0.25, -0.2) is 4.98 Å². The molecule has 0 aliphatic rings. The molecule has 4 rings (SSSR count). The van der Waals surface area contributed by atoms with Crippen LogP contribution in [0.4, 0.5) is 0 Å². The Labute approximate surface area is 180 Å². The summed E-state index contributed by atoms with van der Waals surface area (Å²) in [5.74, 6) is -0.187. The second-order valence-corrected chi connectivity index (χ2v) is 8.64. The number of fused-ring (bicyclic) bond motifs is 1. The Hall–Kier alpha value is -2.11. The molecule has 4 aromatic rings. The van der Waals surface area contributed by atoms with Gasteiger partial charge in [0.1, 0.15) is 0 Å². The van der Waals surface area contributed by atoms with Crippen molar-refractivity contribution in [3.63, 3.8) is 0 Å². The minimum absolute atomic E-state index is 0.187. The van der Waals surface area contributed by atoms with Crippen LogP contribution in [0.15, 0.2) is 60.7 Å². The van der Waals surface area contributed by atoms with Crippen molar-refractivity contribution < 1.29 is 4.79 Å². The largest absolute Gasteiger partial charge is 0.348 e. The average Bonchev–Trinajstić information content (AvgIpc) is 3.14. The zero-order valence-electron chi connectivity index (χ0n) is 14.4. The van der Waals surface area contributed by atoms with Gasteiger partial charge in [-0.2, -0.15) is 0 Å². The summed E-state index contributed by atoms with van der Waals surface area (Å²) >= 11 is 19.5. The van der Waals surface area contributed by atoms with Crippen molar-refractivity contribution in [2.75, 3.05) is 0 Å². The summed E-state index contributed by atoms with van der Waals surface area (Å²) in [4.78, 5) is 18.5. The predicted molar refractivity (Wildman–Crippen MR) is 118 cm³/mol. The number of pyridine rings is 1. The normalized spacial score (nSPS) is 11.0. The zero-order chi connectivity index (χ0) is 19.7. The van der Waals surface area contributed by atoms with Crippen molar-refractivity contribution in [3.05, 3.63) is 86.2 Å². The maximum Gasteiger partial charge on any atom is 0.252 e. The van der Waals surface area contributed by atoms with Crippen molar-refractivity contribution in [2.24, 2.45) is 0 Å². The molecule has 3 nitrogen and oxygen atoms in total. The summed E-state index contributed by atoms with van der Waals surface area (Å²) in [5, 5.41) is 4.68. The van der Waals surface area contributed by atoms with Crippen LogP contribution in [0.5, 0.6) is 0 Å². The van der Waals surface area contributed by atoms with Crippen molar-refractivity contribution in [1.29, 1.82) is 0 Å². The number of hydrogen-bond acceptors (Lipinski definition) is 3. The van der Waals surface area contributed by atoms with Gasteiger partial charge in [0.05, 0.1) is 36.0 Å². The molecule has 0 saturated carbocycles. The molecule has 2 aromatic carbocycles. The summed E-state index contributed by atoms with van der Waals surface area (Å²) < 4.78 is 0.676. The Morgan fingerprint density at radius 3 is 2.54 bits per heavy atom. The van der Waals surface area contributed by atoms with E-state index in [2.05, 4.69) is 10.3 Å². The van der Waals surface area contributed by atoms with Crippen LogP contribution in [0, 0.1) is 0 Å². The maximum absolute atomic E-state index is 13.0. The number of nitrogens with zero attached hydrogens (tertiary/aromatic N) is 1. The van der Waals surface area contributed by atoms with E-state index < -0.39 is 0 Å². The van der Waals surface area contributed by atoms with Crippen molar-refractivity contribution >= 4 is 62.9 Å². The molecule has 0 aliphatic carbocycles. The van der Waals surface area contributed by atoms with Crippen molar-refractivity contribution in [2.45, 2.75) is 6.54 Å². The zero-order valence-corrected chi connectivity index (χ0v) is 17.5. The van der Waals surface area contributed by atoms with E-state index >= 15 is 0 Å². The number of aromatic nitrogens is 1. The topological polar surface area (TPSA) is 42.0 Å². The maximum atomic E-state index is 13.0. The van der Waals surface area contributed by atoms with Crippen LogP contribution in [-0.4, -0.2) is 10.9 Å². The van der Waals surface area contributed by atoms with Crippen LogP contribution in [0.25, 0.3) is 21.5 Å². The van der Waals surface area contributed by atoms with Crippen LogP contribution in [0.1, 0.15) is 15.9 Å². The molecule has 0 unspecified atom stereocenters. The van der Waals surface area contributed by atoms with Crippen LogP contribution in [0.2, 0.25) is 14.4 Å². The second kappa shape index (κ2) is 8.10. The molecule has 7 heteroatoms. The molecule has 1 N–H and O–H groups in total. The number of amides is 1. The lowest BCUT2D eigenvalue weighted by Crippen LogP contribution is -2.23. The average molecular weight is 448 g/mol. The number of carbonyl (C=O) groups is 1. The highest BCUT2D eigenvalue weighted by atomic mass is 35.5. The Bertz CT molecular complexity index is 1190. The summed E-state index contributed by atoms with van der Waals surface area (Å²) in [5.41, 5.74) is 2.90. The van der Waals surface area contributed by atoms with E-state index in [1.807, 2.05) is 42.5 Å². The van der Waals surface area contributed by atoms with Gasteiger partial charge >= 0.3 is 0 Å². The Morgan fingerprint density at radius 2 is 1.79 bits per heavy atom. The van der Waals surface area contributed by atoms with E-state index in [0.717, 1.165) is 27.0 Å². The predicted octanol–water partition coefficient (Wildman–Crippen LogP) is 6.85. The molecule has 0 bridgehead atoms. The van der Waals surface area contributed by atoms with Crippen LogP contribution < -0.4 is 5.32 Å². The molecule has 0 spiro atoms. The fraction of sp³-hybridized carbons (Fsp3) is 0.0476. The molecule has 2 heterocycles. The third-order valence-electron chi connectivity index (χ3n) is 4.22. The number of halogens is 3. The first kappa shape index (κ1) is 19.2. The van der Waals surface area contributed by atoms with E-state index in [9.17, 15) is 4.79 Å². The highest BCUT2D eigenvalue weighted by Crippen LogP contribution is 2.32. The Kier molecular flexibility index (Phi) is 5.56. The Morgan fingerprint density at radius 1 is 0.964 bits per heavy atom. The van der Waals surface area contributed by atoms with E-state index in [4.69, 9.17) is 34.8 Å². The minimum Gasteiger partial charge on any atom is -0.348 e. The molecule has 1 amide bonds. The molecule has 0 radical (unpaired) electrons. The molecule has 0 saturated heterocycles. The van der Waals surface area contributed by atoms with Gasteiger partial charge in [0.2, 0.25) is 0 Å². The number of thiophene rings is 1. The van der Waals surface area contributed by atoms with Gasteiger partial charge in [-0.05, 0) is 42.0 Å². The first-order valence-electron chi connectivity index (χ1n) is 8.39. The molecule has 0 atom stereocenters. The molecule has 28 heavy (non-hydrogen) atoms. The molecule has 0 aliphatic heterocycles. The number of nitrogens with one attached hydrogen (secondary N) is 1. The molecule has 2 aromatic heterocycles. The fourth-order valence-corrected chi connectivity index (χ4v) is 4.19. The minimum atomic E-state index is -0.187. The first-order chi connectivity index (χ1) is 13.5. The van der Waals surface area contributed by atoms with E-state index in [1.54, 1.807) is 18.2 Å². The smallest absolute Gasteiger partial charge is 0.252 e. The SMILES string of the molecule is O=C(NCc1ccc(Cl)c(Cl)c1)c1cc(-c2ccc(Cl)s2)nc2ccccc12. The fourth-order valence-electron chi connectivity index (χ4n) is 2.87. The van der Waals surface area contributed by atoms with Gasteiger partial charge in [0, 0.05) is 11.9 Å². The molecule has 0 fully saturated rings. The van der Waals surface area contributed by atoms with E-state index in [-0.39, 0.29) is 5.91 Å². The standard InChI is InChI=1S/C21H13Cl3N2OS/c22-15-6-5-12(9-16(15)23)11-25-21(27)14-10-18(19-7-8-20(24)28-19)26-17-4-2-1-3-13(14)17/h1-10H,11H2,(H,25,27). The van der Waals surface area contributed by atoms with Crippen LogP contribution in [-0.2, 0) is 6.54 Å². The number of para-hydroxylation sites is 1. The van der Waals surface area contributed by atoms with Gasteiger partial charge in [0.15, 0.2) is 0 Å². The van der Waals surface area contributed by atoms with Gasteiger partial charge in [-0.3, -0.25) is 4.79 Å². The van der Waals surface area contributed by atoms with Crippen molar-refractivity contribution in [1.82, 2.24) is 10.3 Å². The monoisotopic (exact) mass is 446 g/mol.